The molecule has 20 heavy (non-hydrogen) atoms. The lowest BCUT2D eigenvalue weighted by Gasteiger charge is -2.03. The van der Waals surface area contributed by atoms with Gasteiger partial charge in [-0.15, -0.1) is 0 Å². The number of rotatable bonds is 3. The molecule has 0 spiro atoms. The first-order valence-corrected chi connectivity index (χ1v) is 6.79. The standard InChI is InChI=1S/C13H11FN4OS/c1-8-7-18-13(16-8)20-11(17-18)6-15-12(19)9-4-2-3-5-10(9)14/h2-5,7H,6H2,1H3,(H,15,19). The lowest BCUT2D eigenvalue weighted by atomic mass is 10.2. The van der Waals surface area contributed by atoms with Crippen LogP contribution >= 0.6 is 11.3 Å². The Hall–Kier alpha value is -2.28. The van der Waals surface area contributed by atoms with E-state index >= 15 is 0 Å². The fourth-order valence-electron chi connectivity index (χ4n) is 1.82. The number of carbonyl (C=O) groups excluding carboxylic acids is 1. The quantitative estimate of drug-likeness (QED) is 0.804. The first kappa shape index (κ1) is 12.7. The first-order valence-electron chi connectivity index (χ1n) is 5.98. The van der Waals surface area contributed by atoms with E-state index in [4.69, 9.17) is 0 Å². The van der Waals surface area contributed by atoms with Crippen molar-refractivity contribution in [3.63, 3.8) is 0 Å². The molecular weight excluding hydrogens is 279 g/mol. The molecule has 0 saturated heterocycles. The SMILES string of the molecule is Cc1cn2nc(CNC(=O)c3ccccc3F)sc2n1. The molecule has 3 rings (SSSR count). The molecule has 0 aliphatic carbocycles. The van der Waals surface area contributed by atoms with Gasteiger partial charge in [0.15, 0.2) is 0 Å². The molecule has 0 bridgehead atoms. The van der Waals surface area contributed by atoms with Gasteiger partial charge in [0.2, 0.25) is 4.96 Å². The van der Waals surface area contributed by atoms with E-state index in [1.54, 1.807) is 16.6 Å². The number of nitrogens with zero attached hydrogens (tertiary/aromatic N) is 3. The van der Waals surface area contributed by atoms with Gasteiger partial charge in [0.05, 0.1) is 24.0 Å². The number of fused-ring (bicyclic) bond motifs is 1. The number of hydrogen-bond donors (Lipinski definition) is 1. The molecule has 3 aromatic rings. The average Bonchev–Trinajstić information content (AvgIpc) is 2.93. The Labute approximate surface area is 118 Å². The van der Waals surface area contributed by atoms with Gasteiger partial charge in [0.1, 0.15) is 10.8 Å². The zero-order valence-corrected chi connectivity index (χ0v) is 11.4. The third-order valence-electron chi connectivity index (χ3n) is 2.72. The van der Waals surface area contributed by atoms with E-state index in [0.717, 1.165) is 15.7 Å². The third kappa shape index (κ3) is 2.39. The summed E-state index contributed by atoms with van der Waals surface area (Å²) in [6.45, 7) is 2.14. The predicted octanol–water partition coefficient (Wildman–Crippen LogP) is 2.17. The van der Waals surface area contributed by atoms with Crippen molar-refractivity contribution < 1.29 is 9.18 Å². The van der Waals surface area contributed by atoms with Crippen molar-refractivity contribution in [3.8, 4) is 0 Å². The zero-order chi connectivity index (χ0) is 14.1. The number of hydrogen-bond acceptors (Lipinski definition) is 4. The summed E-state index contributed by atoms with van der Waals surface area (Å²) in [6.07, 6.45) is 1.81. The van der Waals surface area contributed by atoms with Crippen LogP contribution in [0.1, 0.15) is 21.1 Å². The molecule has 1 N–H and O–H groups in total. The van der Waals surface area contributed by atoms with Gasteiger partial charge in [-0.1, -0.05) is 23.5 Å². The van der Waals surface area contributed by atoms with Crippen LogP contribution in [0.15, 0.2) is 30.5 Å². The van der Waals surface area contributed by atoms with E-state index in [1.807, 2.05) is 13.1 Å². The molecule has 5 nitrogen and oxygen atoms in total. The number of amides is 1. The number of aryl methyl sites for hydroxylation is 1. The van der Waals surface area contributed by atoms with Gasteiger partial charge in [-0.05, 0) is 19.1 Å². The van der Waals surface area contributed by atoms with Gasteiger partial charge < -0.3 is 5.32 Å². The fraction of sp³-hybridized carbons (Fsp3) is 0.154. The molecule has 0 radical (unpaired) electrons. The first-order chi connectivity index (χ1) is 9.63. The summed E-state index contributed by atoms with van der Waals surface area (Å²) in [5.74, 6) is -0.985. The maximum Gasteiger partial charge on any atom is 0.254 e. The highest BCUT2D eigenvalue weighted by Crippen LogP contribution is 2.14. The number of imidazole rings is 1. The van der Waals surface area contributed by atoms with Gasteiger partial charge in [-0.2, -0.15) is 5.10 Å². The van der Waals surface area contributed by atoms with Gasteiger partial charge >= 0.3 is 0 Å². The average molecular weight is 290 g/mol. The van der Waals surface area contributed by atoms with Crippen LogP contribution in [0, 0.1) is 12.7 Å². The van der Waals surface area contributed by atoms with E-state index < -0.39 is 11.7 Å². The summed E-state index contributed by atoms with van der Waals surface area (Å²) in [6, 6.07) is 5.88. The van der Waals surface area contributed by atoms with Crippen LogP contribution in [-0.2, 0) is 6.54 Å². The Morgan fingerprint density at radius 2 is 2.25 bits per heavy atom. The normalized spacial score (nSPS) is 10.9. The molecular formula is C13H11FN4OS. The highest BCUT2D eigenvalue weighted by Gasteiger charge is 2.12. The molecule has 0 atom stereocenters. The smallest absolute Gasteiger partial charge is 0.254 e. The van der Waals surface area contributed by atoms with Crippen LogP contribution in [0.3, 0.4) is 0 Å². The Bertz CT molecular complexity index is 748. The minimum atomic E-state index is -0.533. The minimum absolute atomic E-state index is 0.0321. The topological polar surface area (TPSA) is 59.3 Å². The molecule has 0 fully saturated rings. The fourth-order valence-corrected chi connectivity index (χ4v) is 2.68. The number of nitrogens with one attached hydrogen (secondary N) is 1. The van der Waals surface area contributed by atoms with Crippen molar-refractivity contribution in [2.75, 3.05) is 0 Å². The van der Waals surface area contributed by atoms with Crippen LogP contribution in [0.2, 0.25) is 0 Å². The van der Waals surface area contributed by atoms with Crippen molar-refractivity contribution in [3.05, 3.63) is 52.5 Å². The van der Waals surface area contributed by atoms with Crippen molar-refractivity contribution in [2.45, 2.75) is 13.5 Å². The highest BCUT2D eigenvalue weighted by atomic mass is 32.1. The zero-order valence-electron chi connectivity index (χ0n) is 10.6. The molecule has 0 saturated carbocycles. The van der Waals surface area contributed by atoms with Gasteiger partial charge in [0, 0.05) is 0 Å². The summed E-state index contributed by atoms with van der Waals surface area (Å²) in [5, 5.41) is 7.65. The van der Waals surface area contributed by atoms with E-state index in [1.165, 1.54) is 23.5 Å². The monoisotopic (exact) mass is 290 g/mol. The second kappa shape index (κ2) is 5.01. The van der Waals surface area contributed by atoms with Gasteiger partial charge in [0.25, 0.3) is 5.91 Å². The van der Waals surface area contributed by atoms with Crippen LogP contribution < -0.4 is 5.32 Å². The largest absolute Gasteiger partial charge is 0.345 e. The third-order valence-corrected chi connectivity index (χ3v) is 3.65. The molecule has 0 unspecified atom stereocenters. The summed E-state index contributed by atoms with van der Waals surface area (Å²) in [5.41, 5.74) is 0.926. The van der Waals surface area contributed by atoms with E-state index in [-0.39, 0.29) is 12.1 Å². The summed E-state index contributed by atoms with van der Waals surface area (Å²) < 4.78 is 15.1. The van der Waals surface area contributed by atoms with Crippen molar-refractivity contribution in [2.24, 2.45) is 0 Å². The molecule has 102 valence electrons. The number of halogens is 1. The maximum atomic E-state index is 13.4. The Balaban J connectivity index is 1.71. The molecule has 7 heteroatoms. The van der Waals surface area contributed by atoms with Crippen molar-refractivity contribution in [1.82, 2.24) is 19.9 Å². The minimum Gasteiger partial charge on any atom is -0.345 e. The van der Waals surface area contributed by atoms with Crippen molar-refractivity contribution >= 4 is 22.2 Å². The Kier molecular flexibility index (Phi) is 3.19. The lowest BCUT2D eigenvalue weighted by molar-refractivity contribution is 0.0946. The maximum absolute atomic E-state index is 13.4. The number of aromatic nitrogens is 3. The van der Waals surface area contributed by atoms with E-state index in [2.05, 4.69) is 15.4 Å². The van der Waals surface area contributed by atoms with Gasteiger partial charge in [-0.3, -0.25) is 4.79 Å². The number of benzene rings is 1. The highest BCUT2D eigenvalue weighted by molar-refractivity contribution is 7.16. The van der Waals surface area contributed by atoms with Crippen LogP contribution in [0.25, 0.3) is 4.96 Å². The Morgan fingerprint density at radius 1 is 1.45 bits per heavy atom. The van der Waals surface area contributed by atoms with Gasteiger partial charge in [-0.25, -0.2) is 13.9 Å². The molecule has 2 heterocycles. The molecule has 0 aliphatic rings. The van der Waals surface area contributed by atoms with Crippen LogP contribution in [0.5, 0.6) is 0 Å². The van der Waals surface area contributed by atoms with E-state index in [9.17, 15) is 9.18 Å². The number of carbonyl (C=O) groups is 1. The molecule has 2 aromatic heterocycles. The Morgan fingerprint density at radius 3 is 3.00 bits per heavy atom. The molecule has 1 amide bonds. The second-order valence-corrected chi connectivity index (χ2v) is 5.31. The summed E-state index contributed by atoms with van der Waals surface area (Å²) in [7, 11) is 0. The summed E-state index contributed by atoms with van der Waals surface area (Å²) >= 11 is 1.39. The lowest BCUT2D eigenvalue weighted by Crippen LogP contribution is -2.23. The van der Waals surface area contributed by atoms with Crippen LogP contribution in [-0.4, -0.2) is 20.5 Å². The molecule has 1 aromatic carbocycles. The molecule has 0 aliphatic heterocycles. The predicted molar refractivity (Wildman–Crippen MR) is 73.2 cm³/mol. The van der Waals surface area contributed by atoms with Crippen LogP contribution in [0.4, 0.5) is 4.39 Å². The van der Waals surface area contributed by atoms with E-state index in [0.29, 0.717) is 0 Å². The van der Waals surface area contributed by atoms with Crippen molar-refractivity contribution in [1.29, 1.82) is 0 Å². The second-order valence-electron chi connectivity index (χ2n) is 4.27. The summed E-state index contributed by atoms with van der Waals surface area (Å²) in [4.78, 5) is 16.9.